The van der Waals surface area contributed by atoms with E-state index < -0.39 is 34.3 Å². The van der Waals surface area contributed by atoms with Crippen LogP contribution in [0, 0.1) is 15.9 Å². The molecule has 12 heteroatoms. The van der Waals surface area contributed by atoms with Crippen molar-refractivity contribution in [3.8, 4) is 0 Å². The van der Waals surface area contributed by atoms with Crippen LogP contribution in [0.2, 0.25) is 5.02 Å². The molecule has 0 atom stereocenters. The third-order valence-electron chi connectivity index (χ3n) is 3.84. The van der Waals surface area contributed by atoms with Crippen LogP contribution in [0.15, 0.2) is 45.8 Å². The third-order valence-corrected chi connectivity index (χ3v) is 5.71. The molecule has 0 spiro atoms. The Morgan fingerprint density at radius 3 is 2.70 bits per heavy atom. The average Bonchev–Trinajstić information content (AvgIpc) is 2.93. The van der Waals surface area contributed by atoms with Crippen molar-refractivity contribution in [2.75, 3.05) is 11.9 Å². The number of nitro groups is 1. The lowest BCUT2D eigenvalue weighted by Crippen LogP contribution is -2.36. The Morgan fingerprint density at radius 2 is 2.03 bits per heavy atom. The molecule has 2 aromatic rings. The van der Waals surface area contributed by atoms with E-state index in [2.05, 4.69) is 21.2 Å². The maximum Gasteiger partial charge on any atom is 0.294 e. The Labute approximate surface area is 186 Å². The van der Waals surface area contributed by atoms with Gasteiger partial charge in [-0.25, -0.2) is 4.39 Å². The highest BCUT2D eigenvalue weighted by Crippen LogP contribution is 2.33. The molecule has 1 saturated heterocycles. The predicted molar refractivity (Wildman–Crippen MR) is 114 cm³/mol. The van der Waals surface area contributed by atoms with E-state index in [0.717, 1.165) is 11.0 Å². The van der Waals surface area contributed by atoms with E-state index in [1.54, 1.807) is 0 Å². The molecular formula is C18H10BrClFN3O5S. The van der Waals surface area contributed by atoms with Crippen molar-refractivity contribution in [3.63, 3.8) is 0 Å². The fourth-order valence-electron chi connectivity index (χ4n) is 2.47. The number of carbonyl (C=O) groups excluding carboxylic acids is 3. The van der Waals surface area contributed by atoms with Crippen LogP contribution in [0.4, 0.5) is 20.6 Å². The summed E-state index contributed by atoms with van der Waals surface area (Å²) in [6.45, 7) is -0.558. The number of carbonyl (C=O) groups is 3. The third kappa shape index (κ3) is 4.86. The van der Waals surface area contributed by atoms with Gasteiger partial charge in [0.25, 0.3) is 16.8 Å². The fourth-order valence-corrected chi connectivity index (χ4v) is 3.88. The highest BCUT2D eigenvalue weighted by molar-refractivity contribution is 9.10. The average molecular weight is 515 g/mol. The summed E-state index contributed by atoms with van der Waals surface area (Å²) in [5.74, 6) is -2.04. The number of imide groups is 1. The SMILES string of the molecule is O=C(CN1C(=O)S/C(=C\c2ccc(Br)c([N+](=O)[O-])c2)C1=O)Nc1ccc(F)c(Cl)c1. The lowest BCUT2D eigenvalue weighted by molar-refractivity contribution is -0.385. The van der Waals surface area contributed by atoms with Crippen LogP contribution < -0.4 is 5.32 Å². The molecular weight excluding hydrogens is 505 g/mol. The van der Waals surface area contributed by atoms with Crippen molar-refractivity contribution >= 4 is 73.8 Å². The van der Waals surface area contributed by atoms with Crippen LogP contribution in [0.5, 0.6) is 0 Å². The number of halogens is 3. The normalized spacial score (nSPS) is 15.0. The molecule has 1 aliphatic heterocycles. The van der Waals surface area contributed by atoms with Crippen molar-refractivity contribution in [1.29, 1.82) is 0 Å². The molecule has 1 aliphatic rings. The molecule has 3 rings (SSSR count). The Morgan fingerprint density at radius 1 is 1.30 bits per heavy atom. The van der Waals surface area contributed by atoms with E-state index >= 15 is 0 Å². The Bertz CT molecular complexity index is 1130. The van der Waals surface area contributed by atoms with Crippen LogP contribution >= 0.6 is 39.3 Å². The molecule has 0 unspecified atom stereocenters. The number of nitrogens with zero attached hydrogens (tertiary/aromatic N) is 2. The monoisotopic (exact) mass is 513 g/mol. The minimum absolute atomic E-state index is 0.0225. The van der Waals surface area contributed by atoms with Gasteiger partial charge in [-0.15, -0.1) is 0 Å². The molecule has 154 valence electrons. The van der Waals surface area contributed by atoms with E-state index in [-0.39, 0.29) is 25.8 Å². The number of benzene rings is 2. The van der Waals surface area contributed by atoms with Gasteiger partial charge in [0.1, 0.15) is 12.4 Å². The fraction of sp³-hybridized carbons (Fsp3) is 0.0556. The van der Waals surface area contributed by atoms with Crippen LogP contribution in [0.25, 0.3) is 6.08 Å². The smallest absolute Gasteiger partial charge is 0.294 e. The minimum atomic E-state index is -0.706. The van der Waals surface area contributed by atoms with Gasteiger partial charge in [-0.05, 0) is 63.6 Å². The van der Waals surface area contributed by atoms with Crippen LogP contribution in [-0.4, -0.2) is 33.4 Å². The number of nitrogens with one attached hydrogen (secondary N) is 1. The maximum absolute atomic E-state index is 13.2. The van der Waals surface area contributed by atoms with Crippen molar-refractivity contribution in [2.45, 2.75) is 0 Å². The molecule has 0 saturated carbocycles. The summed E-state index contributed by atoms with van der Waals surface area (Å²) >= 11 is 9.33. The number of rotatable bonds is 5. The predicted octanol–water partition coefficient (Wildman–Crippen LogP) is 4.82. The van der Waals surface area contributed by atoms with Crippen molar-refractivity contribution in [1.82, 2.24) is 4.90 Å². The van der Waals surface area contributed by atoms with E-state index in [1.807, 2.05) is 0 Å². The first-order valence-electron chi connectivity index (χ1n) is 8.10. The van der Waals surface area contributed by atoms with Crippen LogP contribution in [-0.2, 0) is 9.59 Å². The van der Waals surface area contributed by atoms with Gasteiger partial charge >= 0.3 is 0 Å². The first-order chi connectivity index (χ1) is 14.2. The second-order valence-corrected chi connectivity index (χ2v) is 8.17. The molecule has 1 heterocycles. The number of amides is 3. The van der Waals surface area contributed by atoms with Gasteiger partial charge in [0.05, 0.1) is 19.3 Å². The van der Waals surface area contributed by atoms with Gasteiger partial charge in [0, 0.05) is 11.8 Å². The Hall–Kier alpha value is -2.76. The Balaban J connectivity index is 1.73. The molecule has 30 heavy (non-hydrogen) atoms. The molecule has 2 aromatic carbocycles. The number of nitro benzene ring substituents is 1. The van der Waals surface area contributed by atoms with Crippen molar-refractivity contribution in [3.05, 3.63) is 72.3 Å². The lowest BCUT2D eigenvalue weighted by Gasteiger charge is -2.12. The minimum Gasteiger partial charge on any atom is -0.324 e. The molecule has 1 fully saturated rings. The molecule has 3 amide bonds. The number of hydrogen-bond acceptors (Lipinski definition) is 6. The molecule has 0 radical (unpaired) electrons. The molecule has 1 N–H and O–H groups in total. The van der Waals surface area contributed by atoms with Crippen molar-refractivity contribution in [2.24, 2.45) is 0 Å². The summed E-state index contributed by atoms with van der Waals surface area (Å²) in [4.78, 5) is 48.1. The van der Waals surface area contributed by atoms with Crippen LogP contribution in [0.1, 0.15) is 5.56 Å². The van der Waals surface area contributed by atoms with Gasteiger partial charge in [-0.1, -0.05) is 17.7 Å². The summed E-state index contributed by atoms with van der Waals surface area (Å²) in [5.41, 5.74) is 0.359. The summed E-state index contributed by atoms with van der Waals surface area (Å²) in [5, 5.41) is 12.6. The summed E-state index contributed by atoms with van der Waals surface area (Å²) < 4.78 is 13.5. The first kappa shape index (κ1) is 21.9. The Kier molecular flexibility index (Phi) is 6.54. The molecule has 0 aromatic heterocycles. The maximum atomic E-state index is 13.2. The number of hydrogen-bond donors (Lipinski definition) is 1. The number of thioether (sulfide) groups is 1. The second-order valence-electron chi connectivity index (χ2n) is 5.91. The number of anilines is 1. The van der Waals surface area contributed by atoms with Crippen LogP contribution in [0.3, 0.4) is 0 Å². The zero-order chi connectivity index (χ0) is 22.0. The summed E-state index contributed by atoms with van der Waals surface area (Å²) in [7, 11) is 0. The van der Waals surface area contributed by atoms with E-state index in [4.69, 9.17) is 11.6 Å². The van der Waals surface area contributed by atoms with Crippen molar-refractivity contribution < 1.29 is 23.7 Å². The van der Waals surface area contributed by atoms with E-state index in [9.17, 15) is 28.9 Å². The summed E-state index contributed by atoms with van der Waals surface area (Å²) in [6.07, 6.45) is 1.34. The second kappa shape index (κ2) is 8.94. The molecule has 8 nitrogen and oxygen atoms in total. The summed E-state index contributed by atoms with van der Waals surface area (Å²) in [6, 6.07) is 7.79. The van der Waals surface area contributed by atoms with Gasteiger partial charge in [-0.3, -0.25) is 29.4 Å². The van der Waals surface area contributed by atoms with Gasteiger partial charge < -0.3 is 5.32 Å². The molecule has 0 aliphatic carbocycles. The quantitative estimate of drug-likeness (QED) is 0.348. The molecule has 0 bridgehead atoms. The standard InChI is InChI=1S/C18H10BrClFN3O5S/c19-11-3-1-9(5-14(11)24(28)29)6-15-17(26)23(18(27)30-15)8-16(25)22-10-2-4-13(21)12(20)7-10/h1-7H,8H2,(H,22,25)/b15-6-. The lowest BCUT2D eigenvalue weighted by atomic mass is 10.2. The largest absolute Gasteiger partial charge is 0.324 e. The van der Waals surface area contributed by atoms with E-state index in [0.29, 0.717) is 17.3 Å². The highest BCUT2D eigenvalue weighted by Gasteiger charge is 2.36. The van der Waals surface area contributed by atoms with E-state index in [1.165, 1.54) is 36.4 Å². The zero-order valence-corrected chi connectivity index (χ0v) is 17.9. The highest BCUT2D eigenvalue weighted by atomic mass is 79.9. The topological polar surface area (TPSA) is 110 Å². The first-order valence-corrected chi connectivity index (χ1v) is 10.1. The van der Waals surface area contributed by atoms with Gasteiger partial charge in [0.15, 0.2) is 0 Å². The van der Waals surface area contributed by atoms with Gasteiger partial charge in [-0.2, -0.15) is 0 Å². The van der Waals surface area contributed by atoms with Gasteiger partial charge in [0.2, 0.25) is 5.91 Å². The zero-order valence-electron chi connectivity index (χ0n) is 14.7.